The molecule has 1 atom stereocenters. The minimum Gasteiger partial charge on any atom is -0.341 e. The number of hydrogen-bond acceptors (Lipinski definition) is 4. The molecular formula is C11H18N4O. The van der Waals surface area contributed by atoms with Crippen molar-refractivity contribution in [2.45, 2.75) is 25.8 Å². The topological polar surface area (TPSA) is 64.2 Å². The standard InChI is InChI=1S/C11H18N4O/c1-8-6-10(16)14(2)11(13-8)15-5-3-4-9(12)7-15/h6,9H,3-5,7,12H2,1-2H3/t9-/m1/s1. The van der Waals surface area contributed by atoms with E-state index in [4.69, 9.17) is 5.73 Å². The molecule has 2 N–H and O–H groups in total. The Morgan fingerprint density at radius 3 is 3.00 bits per heavy atom. The van der Waals surface area contributed by atoms with Crippen LogP contribution in [-0.4, -0.2) is 28.7 Å². The van der Waals surface area contributed by atoms with Crippen LogP contribution < -0.4 is 16.2 Å². The zero-order valence-electron chi connectivity index (χ0n) is 9.81. The second-order valence-corrected chi connectivity index (χ2v) is 4.44. The molecule has 2 heterocycles. The summed E-state index contributed by atoms with van der Waals surface area (Å²) in [6, 6.07) is 1.74. The summed E-state index contributed by atoms with van der Waals surface area (Å²) in [5.74, 6) is 0.736. The van der Waals surface area contributed by atoms with Crippen LogP contribution in [-0.2, 0) is 7.05 Å². The summed E-state index contributed by atoms with van der Waals surface area (Å²) in [6.45, 7) is 3.55. The Hall–Kier alpha value is -1.36. The molecule has 0 aliphatic carbocycles. The molecule has 2 rings (SSSR count). The fraction of sp³-hybridized carbons (Fsp3) is 0.636. The molecule has 1 fully saturated rings. The van der Waals surface area contributed by atoms with Crippen LogP contribution in [0, 0.1) is 6.92 Å². The third-order valence-corrected chi connectivity index (χ3v) is 2.98. The van der Waals surface area contributed by atoms with Gasteiger partial charge < -0.3 is 10.6 Å². The molecular weight excluding hydrogens is 204 g/mol. The molecule has 0 radical (unpaired) electrons. The number of piperidine rings is 1. The van der Waals surface area contributed by atoms with Crippen molar-refractivity contribution in [3.63, 3.8) is 0 Å². The van der Waals surface area contributed by atoms with Gasteiger partial charge in [-0.05, 0) is 19.8 Å². The van der Waals surface area contributed by atoms with Crippen LogP contribution in [0.4, 0.5) is 5.95 Å². The molecule has 5 nitrogen and oxygen atoms in total. The highest BCUT2D eigenvalue weighted by atomic mass is 16.1. The Morgan fingerprint density at radius 2 is 2.31 bits per heavy atom. The van der Waals surface area contributed by atoms with Crippen molar-refractivity contribution in [3.05, 3.63) is 22.1 Å². The third kappa shape index (κ3) is 2.09. The highest BCUT2D eigenvalue weighted by Crippen LogP contribution is 2.15. The number of nitrogens with zero attached hydrogens (tertiary/aromatic N) is 3. The normalized spacial score (nSPS) is 21.2. The van der Waals surface area contributed by atoms with Crippen LogP contribution >= 0.6 is 0 Å². The average molecular weight is 222 g/mol. The third-order valence-electron chi connectivity index (χ3n) is 2.98. The van der Waals surface area contributed by atoms with Crippen LogP contribution in [0.5, 0.6) is 0 Å². The van der Waals surface area contributed by atoms with Crippen molar-refractivity contribution in [1.29, 1.82) is 0 Å². The lowest BCUT2D eigenvalue weighted by atomic mass is 10.1. The molecule has 0 amide bonds. The van der Waals surface area contributed by atoms with Crippen molar-refractivity contribution >= 4 is 5.95 Å². The minimum absolute atomic E-state index is 0.0124. The molecule has 1 aromatic rings. The van der Waals surface area contributed by atoms with Crippen molar-refractivity contribution in [2.24, 2.45) is 12.8 Å². The van der Waals surface area contributed by atoms with E-state index in [9.17, 15) is 4.79 Å². The summed E-state index contributed by atoms with van der Waals surface area (Å²) in [7, 11) is 1.75. The van der Waals surface area contributed by atoms with E-state index in [1.165, 1.54) is 0 Å². The van der Waals surface area contributed by atoms with Crippen LogP contribution in [0.2, 0.25) is 0 Å². The first-order chi connectivity index (χ1) is 7.58. The largest absolute Gasteiger partial charge is 0.341 e. The monoisotopic (exact) mass is 222 g/mol. The van der Waals surface area contributed by atoms with Gasteiger partial charge in [0.2, 0.25) is 5.95 Å². The highest BCUT2D eigenvalue weighted by molar-refractivity contribution is 5.33. The molecule has 0 saturated carbocycles. The molecule has 0 spiro atoms. The molecule has 0 unspecified atom stereocenters. The van der Waals surface area contributed by atoms with E-state index in [0.717, 1.165) is 37.6 Å². The van der Waals surface area contributed by atoms with E-state index >= 15 is 0 Å². The van der Waals surface area contributed by atoms with Crippen molar-refractivity contribution in [3.8, 4) is 0 Å². The fourth-order valence-corrected chi connectivity index (χ4v) is 2.11. The summed E-state index contributed by atoms with van der Waals surface area (Å²) in [5.41, 5.74) is 6.68. The van der Waals surface area contributed by atoms with Gasteiger partial charge in [-0.3, -0.25) is 9.36 Å². The van der Waals surface area contributed by atoms with E-state index in [-0.39, 0.29) is 11.6 Å². The van der Waals surface area contributed by atoms with Crippen molar-refractivity contribution in [1.82, 2.24) is 9.55 Å². The van der Waals surface area contributed by atoms with Gasteiger partial charge in [0.05, 0.1) is 0 Å². The Balaban J connectivity index is 2.35. The van der Waals surface area contributed by atoms with E-state index in [1.807, 2.05) is 6.92 Å². The lowest BCUT2D eigenvalue weighted by Gasteiger charge is -2.32. The zero-order chi connectivity index (χ0) is 11.7. The highest BCUT2D eigenvalue weighted by Gasteiger charge is 2.20. The summed E-state index contributed by atoms with van der Waals surface area (Å²) in [5, 5.41) is 0. The summed E-state index contributed by atoms with van der Waals surface area (Å²) in [6.07, 6.45) is 2.11. The lowest BCUT2D eigenvalue weighted by molar-refractivity contribution is 0.493. The van der Waals surface area contributed by atoms with Gasteiger partial charge in [-0.15, -0.1) is 0 Å². The zero-order valence-corrected chi connectivity index (χ0v) is 9.81. The first-order valence-electron chi connectivity index (χ1n) is 5.63. The second-order valence-electron chi connectivity index (χ2n) is 4.44. The Labute approximate surface area is 94.9 Å². The summed E-state index contributed by atoms with van der Waals surface area (Å²) in [4.78, 5) is 18.2. The Morgan fingerprint density at radius 1 is 1.56 bits per heavy atom. The summed E-state index contributed by atoms with van der Waals surface area (Å²) < 4.78 is 1.59. The van der Waals surface area contributed by atoms with E-state index in [1.54, 1.807) is 17.7 Å². The SMILES string of the molecule is Cc1cc(=O)n(C)c(N2CCC[C@@H](N)C2)n1. The van der Waals surface area contributed by atoms with Crippen LogP contribution in [0.25, 0.3) is 0 Å². The molecule has 1 saturated heterocycles. The molecule has 1 aromatic heterocycles. The molecule has 16 heavy (non-hydrogen) atoms. The minimum atomic E-state index is -0.0124. The number of nitrogens with two attached hydrogens (primary N) is 1. The quantitative estimate of drug-likeness (QED) is 0.727. The predicted octanol–water partition coefficient (Wildman–Crippen LogP) is 0.0162. The lowest BCUT2D eigenvalue weighted by Crippen LogP contribution is -2.45. The van der Waals surface area contributed by atoms with Gasteiger partial charge in [0, 0.05) is 37.9 Å². The predicted molar refractivity (Wildman–Crippen MR) is 63.6 cm³/mol. The van der Waals surface area contributed by atoms with Gasteiger partial charge in [0.1, 0.15) is 0 Å². The van der Waals surface area contributed by atoms with Crippen LogP contribution in [0.3, 0.4) is 0 Å². The van der Waals surface area contributed by atoms with E-state index < -0.39 is 0 Å². The van der Waals surface area contributed by atoms with E-state index in [2.05, 4.69) is 9.88 Å². The molecule has 0 aromatic carbocycles. The van der Waals surface area contributed by atoms with Gasteiger partial charge in [-0.2, -0.15) is 0 Å². The average Bonchev–Trinajstić information content (AvgIpc) is 2.23. The molecule has 1 aliphatic rings. The molecule has 5 heteroatoms. The maximum absolute atomic E-state index is 11.6. The van der Waals surface area contributed by atoms with Crippen LogP contribution in [0.1, 0.15) is 18.5 Å². The number of hydrogen-bond donors (Lipinski definition) is 1. The van der Waals surface area contributed by atoms with Crippen molar-refractivity contribution in [2.75, 3.05) is 18.0 Å². The maximum Gasteiger partial charge on any atom is 0.254 e. The Bertz CT molecular complexity index is 440. The number of anilines is 1. The van der Waals surface area contributed by atoms with Gasteiger partial charge in [-0.25, -0.2) is 4.98 Å². The van der Waals surface area contributed by atoms with Gasteiger partial charge in [0.25, 0.3) is 5.56 Å². The van der Waals surface area contributed by atoms with Crippen molar-refractivity contribution < 1.29 is 0 Å². The van der Waals surface area contributed by atoms with E-state index in [0.29, 0.717) is 0 Å². The number of aromatic nitrogens is 2. The molecule has 88 valence electrons. The fourth-order valence-electron chi connectivity index (χ4n) is 2.11. The van der Waals surface area contributed by atoms with Crippen LogP contribution in [0.15, 0.2) is 10.9 Å². The molecule has 1 aliphatic heterocycles. The second kappa shape index (κ2) is 4.25. The Kier molecular flexibility index (Phi) is 2.96. The first kappa shape index (κ1) is 11.1. The van der Waals surface area contributed by atoms with Gasteiger partial charge in [0.15, 0.2) is 0 Å². The maximum atomic E-state index is 11.6. The van der Waals surface area contributed by atoms with Gasteiger partial charge >= 0.3 is 0 Å². The number of rotatable bonds is 1. The van der Waals surface area contributed by atoms with Gasteiger partial charge in [-0.1, -0.05) is 0 Å². The molecule has 0 bridgehead atoms. The number of aryl methyl sites for hydroxylation is 1. The first-order valence-corrected chi connectivity index (χ1v) is 5.63. The smallest absolute Gasteiger partial charge is 0.254 e. The summed E-state index contributed by atoms with van der Waals surface area (Å²) >= 11 is 0.